The third-order valence-electron chi connectivity index (χ3n) is 1.83. The SMILES string of the molecule is C=CC(C)(O)CC/C=C(/C)CO. The second kappa shape index (κ2) is 5.12. The first-order valence-electron chi connectivity index (χ1n) is 4.14. The lowest BCUT2D eigenvalue weighted by atomic mass is 10.00. The molecule has 0 aromatic rings. The average Bonchev–Trinajstić information content (AvgIpc) is 2.04. The van der Waals surface area contributed by atoms with Gasteiger partial charge >= 0.3 is 0 Å². The molecule has 0 heterocycles. The molecule has 0 amide bonds. The van der Waals surface area contributed by atoms with E-state index in [2.05, 4.69) is 6.58 Å². The van der Waals surface area contributed by atoms with Crippen LogP contribution in [0.1, 0.15) is 26.7 Å². The Labute approximate surface area is 74.2 Å². The zero-order chi connectivity index (χ0) is 9.61. The van der Waals surface area contributed by atoms with Crippen LogP contribution >= 0.6 is 0 Å². The molecule has 0 spiro atoms. The highest BCUT2D eigenvalue weighted by Crippen LogP contribution is 2.13. The number of allylic oxidation sites excluding steroid dienone is 1. The first kappa shape index (κ1) is 11.4. The lowest BCUT2D eigenvalue weighted by Crippen LogP contribution is -2.19. The van der Waals surface area contributed by atoms with Gasteiger partial charge in [-0.25, -0.2) is 0 Å². The summed E-state index contributed by atoms with van der Waals surface area (Å²) >= 11 is 0. The number of hydrogen-bond donors (Lipinski definition) is 2. The minimum absolute atomic E-state index is 0.0935. The van der Waals surface area contributed by atoms with E-state index < -0.39 is 5.60 Å². The van der Waals surface area contributed by atoms with Gasteiger partial charge in [-0.3, -0.25) is 0 Å². The van der Waals surface area contributed by atoms with E-state index in [0.29, 0.717) is 6.42 Å². The lowest BCUT2D eigenvalue weighted by Gasteiger charge is -2.16. The Morgan fingerprint density at radius 3 is 2.58 bits per heavy atom. The van der Waals surface area contributed by atoms with E-state index in [1.165, 1.54) is 6.08 Å². The van der Waals surface area contributed by atoms with Crippen LogP contribution < -0.4 is 0 Å². The van der Waals surface area contributed by atoms with Gasteiger partial charge in [-0.2, -0.15) is 0 Å². The fourth-order valence-corrected chi connectivity index (χ4v) is 0.777. The summed E-state index contributed by atoms with van der Waals surface area (Å²) in [4.78, 5) is 0. The normalized spacial score (nSPS) is 17.2. The maximum absolute atomic E-state index is 9.50. The van der Waals surface area contributed by atoms with Gasteiger partial charge in [0.2, 0.25) is 0 Å². The Morgan fingerprint density at radius 1 is 1.58 bits per heavy atom. The van der Waals surface area contributed by atoms with E-state index >= 15 is 0 Å². The molecule has 0 fully saturated rings. The van der Waals surface area contributed by atoms with Crippen LogP contribution in [0.2, 0.25) is 0 Å². The van der Waals surface area contributed by atoms with E-state index in [-0.39, 0.29) is 6.61 Å². The monoisotopic (exact) mass is 170 g/mol. The van der Waals surface area contributed by atoms with Gasteiger partial charge in [0.15, 0.2) is 0 Å². The predicted octanol–water partition coefficient (Wildman–Crippen LogP) is 1.64. The summed E-state index contributed by atoms with van der Waals surface area (Å²) in [5.41, 5.74) is 0.154. The van der Waals surface area contributed by atoms with E-state index in [0.717, 1.165) is 12.0 Å². The minimum Gasteiger partial charge on any atom is -0.392 e. The van der Waals surface area contributed by atoms with Crippen molar-refractivity contribution in [3.63, 3.8) is 0 Å². The summed E-state index contributed by atoms with van der Waals surface area (Å²) in [5.74, 6) is 0. The molecule has 0 aromatic carbocycles. The first-order chi connectivity index (χ1) is 5.52. The number of hydrogen-bond acceptors (Lipinski definition) is 2. The lowest BCUT2D eigenvalue weighted by molar-refractivity contribution is 0.103. The van der Waals surface area contributed by atoms with Crippen molar-refractivity contribution in [2.45, 2.75) is 32.3 Å². The Balaban J connectivity index is 3.77. The van der Waals surface area contributed by atoms with E-state index in [9.17, 15) is 5.11 Å². The molecule has 0 aliphatic heterocycles. The van der Waals surface area contributed by atoms with Crippen LogP contribution in [0.4, 0.5) is 0 Å². The molecule has 2 nitrogen and oxygen atoms in total. The molecule has 0 rings (SSSR count). The summed E-state index contributed by atoms with van der Waals surface area (Å²) in [6.07, 6.45) is 4.88. The van der Waals surface area contributed by atoms with Crippen LogP contribution in [-0.4, -0.2) is 22.4 Å². The van der Waals surface area contributed by atoms with Crippen LogP contribution in [-0.2, 0) is 0 Å². The van der Waals surface area contributed by atoms with E-state index in [1.54, 1.807) is 6.92 Å². The fourth-order valence-electron chi connectivity index (χ4n) is 0.777. The largest absolute Gasteiger partial charge is 0.392 e. The Bertz CT molecular complexity index is 169. The zero-order valence-electron chi connectivity index (χ0n) is 7.88. The second-order valence-corrected chi connectivity index (χ2v) is 3.31. The quantitative estimate of drug-likeness (QED) is 0.616. The van der Waals surface area contributed by atoms with Gasteiger partial charge in [-0.15, -0.1) is 6.58 Å². The summed E-state index contributed by atoms with van der Waals surface area (Å²) in [6, 6.07) is 0. The highest BCUT2D eigenvalue weighted by atomic mass is 16.3. The smallest absolute Gasteiger partial charge is 0.0800 e. The van der Waals surface area contributed by atoms with Crippen molar-refractivity contribution in [1.82, 2.24) is 0 Å². The molecule has 0 saturated carbocycles. The van der Waals surface area contributed by atoms with Gasteiger partial charge in [0.25, 0.3) is 0 Å². The van der Waals surface area contributed by atoms with Gasteiger partial charge in [0.05, 0.1) is 12.2 Å². The van der Waals surface area contributed by atoms with Gasteiger partial charge in [0, 0.05) is 0 Å². The number of rotatable bonds is 5. The standard InChI is InChI=1S/C10H18O2/c1-4-10(3,12)7-5-6-9(2)8-11/h4,6,11-12H,1,5,7-8H2,2-3H3/b9-6-. The predicted molar refractivity (Wildman–Crippen MR) is 50.9 cm³/mol. The van der Waals surface area contributed by atoms with E-state index in [1.807, 2.05) is 13.0 Å². The molecule has 12 heavy (non-hydrogen) atoms. The summed E-state index contributed by atoms with van der Waals surface area (Å²) in [5, 5.41) is 18.2. The Kier molecular flexibility index (Phi) is 4.86. The Morgan fingerprint density at radius 2 is 2.17 bits per heavy atom. The van der Waals surface area contributed by atoms with Crippen molar-refractivity contribution < 1.29 is 10.2 Å². The van der Waals surface area contributed by atoms with Crippen LogP contribution in [0.5, 0.6) is 0 Å². The van der Waals surface area contributed by atoms with Crippen molar-refractivity contribution >= 4 is 0 Å². The van der Waals surface area contributed by atoms with Crippen LogP contribution in [0.3, 0.4) is 0 Å². The second-order valence-electron chi connectivity index (χ2n) is 3.31. The van der Waals surface area contributed by atoms with Gasteiger partial charge in [-0.05, 0) is 26.7 Å². The van der Waals surface area contributed by atoms with Gasteiger partial charge in [0.1, 0.15) is 0 Å². The molecule has 0 aliphatic rings. The van der Waals surface area contributed by atoms with Crippen LogP contribution in [0.15, 0.2) is 24.3 Å². The van der Waals surface area contributed by atoms with Gasteiger partial charge < -0.3 is 10.2 Å². The molecule has 2 N–H and O–H groups in total. The van der Waals surface area contributed by atoms with Crippen molar-refractivity contribution in [1.29, 1.82) is 0 Å². The highest BCUT2D eigenvalue weighted by molar-refractivity contribution is 5.00. The molecule has 1 unspecified atom stereocenters. The average molecular weight is 170 g/mol. The molecule has 0 bridgehead atoms. The van der Waals surface area contributed by atoms with Crippen molar-refractivity contribution in [2.24, 2.45) is 0 Å². The molecular weight excluding hydrogens is 152 g/mol. The zero-order valence-corrected chi connectivity index (χ0v) is 7.88. The number of aliphatic hydroxyl groups excluding tert-OH is 1. The molecule has 70 valence electrons. The van der Waals surface area contributed by atoms with Gasteiger partial charge in [-0.1, -0.05) is 17.7 Å². The fraction of sp³-hybridized carbons (Fsp3) is 0.600. The molecule has 2 heteroatoms. The summed E-state index contributed by atoms with van der Waals surface area (Å²) < 4.78 is 0. The summed E-state index contributed by atoms with van der Waals surface area (Å²) in [6.45, 7) is 7.21. The maximum atomic E-state index is 9.50. The van der Waals surface area contributed by atoms with Crippen LogP contribution in [0.25, 0.3) is 0 Å². The Hall–Kier alpha value is -0.600. The topological polar surface area (TPSA) is 40.5 Å². The molecule has 1 atom stereocenters. The third-order valence-corrected chi connectivity index (χ3v) is 1.83. The molecule has 0 radical (unpaired) electrons. The first-order valence-corrected chi connectivity index (χ1v) is 4.14. The molecule has 0 aromatic heterocycles. The summed E-state index contributed by atoms with van der Waals surface area (Å²) in [7, 11) is 0. The highest BCUT2D eigenvalue weighted by Gasteiger charge is 2.12. The number of aliphatic hydroxyl groups is 2. The molecule has 0 saturated heterocycles. The maximum Gasteiger partial charge on any atom is 0.0800 e. The third kappa shape index (κ3) is 5.10. The minimum atomic E-state index is -0.785. The van der Waals surface area contributed by atoms with Crippen LogP contribution in [0, 0.1) is 0 Å². The van der Waals surface area contributed by atoms with Crippen molar-refractivity contribution in [2.75, 3.05) is 6.61 Å². The van der Waals surface area contributed by atoms with Crippen molar-refractivity contribution in [3.8, 4) is 0 Å². The molecule has 0 aliphatic carbocycles. The van der Waals surface area contributed by atoms with Crippen molar-refractivity contribution in [3.05, 3.63) is 24.3 Å². The molecular formula is C10H18O2. The van der Waals surface area contributed by atoms with E-state index in [4.69, 9.17) is 5.11 Å².